The molecule has 2 unspecified atom stereocenters. The number of ether oxygens (including phenoxy) is 2. The van der Waals surface area contributed by atoms with E-state index in [2.05, 4.69) is 25.6 Å². The van der Waals surface area contributed by atoms with Gasteiger partial charge in [0.2, 0.25) is 11.7 Å². The number of fused-ring (bicyclic) bond motifs is 1. The number of aromatic nitrogens is 5. The molecule has 0 radical (unpaired) electrons. The Balaban J connectivity index is 1.36. The van der Waals surface area contributed by atoms with Crippen molar-refractivity contribution >= 4 is 45.7 Å². The Morgan fingerprint density at radius 1 is 0.980 bits per heavy atom. The van der Waals surface area contributed by atoms with Crippen molar-refractivity contribution in [3.8, 4) is 28.3 Å². The average Bonchev–Trinajstić information content (AvgIpc) is 3.10. The van der Waals surface area contributed by atoms with Crippen LogP contribution in [0, 0.1) is 0 Å². The lowest BCUT2D eigenvalue weighted by Gasteiger charge is -2.28. The SMILES string of the molecule is COc1nc(-c2cccc(-c3cccc(Nc4nc(C(F)(F)F)nc5c4c(=O)n(C)c(=O)n5C)c3Cl)c2Cl)ccc1CNC1CCOCC1O. The Morgan fingerprint density at radius 2 is 1.68 bits per heavy atom. The predicted octanol–water partition coefficient (Wildman–Crippen LogP) is 5.07. The molecule has 17 heteroatoms. The molecule has 1 fully saturated rings. The molecule has 1 saturated heterocycles. The Bertz CT molecular complexity index is 2230. The van der Waals surface area contributed by atoms with Crippen LogP contribution in [0.4, 0.5) is 24.7 Å². The van der Waals surface area contributed by atoms with Gasteiger partial charge in [-0.3, -0.25) is 13.9 Å². The second-order valence-corrected chi connectivity index (χ2v) is 12.3. The van der Waals surface area contributed by atoms with Gasteiger partial charge in [-0.15, -0.1) is 0 Å². The molecule has 50 heavy (non-hydrogen) atoms. The lowest BCUT2D eigenvalue weighted by atomic mass is 10.00. The minimum atomic E-state index is -4.99. The molecule has 3 aromatic heterocycles. The Labute approximate surface area is 292 Å². The van der Waals surface area contributed by atoms with Gasteiger partial charge in [0.05, 0.1) is 41.2 Å². The number of rotatable bonds is 8. The molecule has 0 saturated carbocycles. The number of aliphatic hydroxyl groups is 1. The summed E-state index contributed by atoms with van der Waals surface area (Å²) in [5.41, 5.74) is 0.583. The fourth-order valence-electron chi connectivity index (χ4n) is 5.71. The number of anilines is 2. The molecule has 2 aromatic carbocycles. The zero-order valence-corrected chi connectivity index (χ0v) is 28.3. The van der Waals surface area contributed by atoms with E-state index in [4.69, 9.17) is 32.7 Å². The number of nitrogens with zero attached hydrogens (tertiary/aromatic N) is 5. The summed E-state index contributed by atoms with van der Waals surface area (Å²) < 4.78 is 54.0. The summed E-state index contributed by atoms with van der Waals surface area (Å²) >= 11 is 13.8. The topological polar surface area (TPSA) is 145 Å². The van der Waals surface area contributed by atoms with E-state index in [0.29, 0.717) is 47.8 Å². The van der Waals surface area contributed by atoms with Crippen molar-refractivity contribution in [1.29, 1.82) is 0 Å². The van der Waals surface area contributed by atoms with Gasteiger partial charge in [0.1, 0.15) is 11.2 Å². The van der Waals surface area contributed by atoms with Gasteiger partial charge in [-0.25, -0.2) is 19.7 Å². The fourth-order valence-corrected chi connectivity index (χ4v) is 6.31. The zero-order valence-electron chi connectivity index (χ0n) is 26.8. The monoisotopic (exact) mass is 731 g/mol. The van der Waals surface area contributed by atoms with Crippen molar-refractivity contribution in [3.63, 3.8) is 0 Å². The van der Waals surface area contributed by atoms with E-state index in [1.54, 1.807) is 36.4 Å². The first-order chi connectivity index (χ1) is 23.8. The Morgan fingerprint density at radius 3 is 2.38 bits per heavy atom. The lowest BCUT2D eigenvalue weighted by Crippen LogP contribution is -2.46. The first-order valence-corrected chi connectivity index (χ1v) is 16.0. The van der Waals surface area contributed by atoms with Crippen LogP contribution in [-0.4, -0.2) is 61.7 Å². The van der Waals surface area contributed by atoms with Crippen LogP contribution in [0.3, 0.4) is 0 Å². The maximum Gasteiger partial charge on any atom is 0.451 e. The molecule has 0 spiro atoms. The highest BCUT2D eigenvalue weighted by Gasteiger charge is 2.37. The van der Waals surface area contributed by atoms with Crippen molar-refractivity contribution in [2.75, 3.05) is 25.6 Å². The molecule has 1 aliphatic heterocycles. The fraction of sp³-hybridized carbons (Fsp3) is 0.303. The molecule has 0 amide bonds. The average molecular weight is 733 g/mol. The molecule has 0 bridgehead atoms. The summed E-state index contributed by atoms with van der Waals surface area (Å²) in [5.74, 6) is -1.68. The summed E-state index contributed by atoms with van der Waals surface area (Å²) in [6.45, 7) is 1.22. The summed E-state index contributed by atoms with van der Waals surface area (Å²) in [5, 5.41) is 16.3. The van der Waals surface area contributed by atoms with Crippen molar-refractivity contribution in [1.82, 2.24) is 29.4 Å². The number of pyridine rings is 1. The van der Waals surface area contributed by atoms with Crippen LogP contribution in [0.15, 0.2) is 58.1 Å². The number of methoxy groups -OCH3 is 1. The molecule has 1 aliphatic rings. The molecular weight excluding hydrogens is 702 g/mol. The van der Waals surface area contributed by atoms with Gasteiger partial charge in [-0.05, 0) is 18.6 Å². The normalized spacial score (nSPS) is 16.5. The molecule has 0 aliphatic carbocycles. The van der Waals surface area contributed by atoms with Gasteiger partial charge in [-0.2, -0.15) is 13.2 Å². The number of nitrogens with one attached hydrogen (secondary N) is 2. The first kappa shape index (κ1) is 35.3. The first-order valence-electron chi connectivity index (χ1n) is 15.2. The standard InChI is InChI=1S/C33H30Cl2F3N7O5/c1-44-28-24(30(47)45(2)32(44)48)27(42-31(43-28)33(36,37)38)40-22-9-5-7-18(26(22)35)17-6-4-8-19(25(17)34)20-11-10-16(29(41-20)49-3)14-39-21-12-13-50-15-23(21)46/h4-11,21,23,39,46H,12-15H2,1-3H3,(H,40,42,43). The maximum atomic E-state index is 13.8. The van der Waals surface area contributed by atoms with Crippen LogP contribution in [0.25, 0.3) is 33.4 Å². The molecule has 5 aromatic rings. The molecule has 6 rings (SSSR count). The van der Waals surface area contributed by atoms with Crippen LogP contribution in [0.2, 0.25) is 10.0 Å². The molecular formula is C33H30Cl2F3N7O5. The number of aryl methyl sites for hydroxylation is 1. The van der Waals surface area contributed by atoms with E-state index in [1.165, 1.54) is 27.3 Å². The van der Waals surface area contributed by atoms with Crippen molar-refractivity contribution in [3.05, 3.63) is 90.8 Å². The number of hydrogen-bond acceptors (Lipinski definition) is 10. The molecule has 262 valence electrons. The third kappa shape index (κ3) is 6.66. The lowest BCUT2D eigenvalue weighted by molar-refractivity contribution is -0.144. The smallest absolute Gasteiger partial charge is 0.451 e. The number of alkyl halides is 3. The largest absolute Gasteiger partial charge is 0.481 e. The van der Waals surface area contributed by atoms with E-state index in [9.17, 15) is 27.9 Å². The maximum absolute atomic E-state index is 13.8. The van der Waals surface area contributed by atoms with Gasteiger partial charge in [-0.1, -0.05) is 59.6 Å². The second kappa shape index (κ2) is 14.0. The van der Waals surface area contributed by atoms with Gasteiger partial charge in [0, 0.05) is 55.5 Å². The molecule has 12 nitrogen and oxygen atoms in total. The van der Waals surface area contributed by atoms with Crippen LogP contribution in [0.5, 0.6) is 5.88 Å². The summed E-state index contributed by atoms with van der Waals surface area (Å²) in [6, 6.07) is 13.5. The summed E-state index contributed by atoms with van der Waals surface area (Å²) in [6.07, 6.45) is -4.94. The van der Waals surface area contributed by atoms with E-state index in [-0.39, 0.29) is 33.8 Å². The predicted molar refractivity (Wildman–Crippen MR) is 182 cm³/mol. The minimum Gasteiger partial charge on any atom is -0.481 e. The third-order valence-electron chi connectivity index (χ3n) is 8.38. The van der Waals surface area contributed by atoms with Crippen molar-refractivity contribution in [2.45, 2.75) is 31.3 Å². The highest BCUT2D eigenvalue weighted by molar-refractivity contribution is 6.39. The second-order valence-electron chi connectivity index (χ2n) is 11.5. The van der Waals surface area contributed by atoms with Crippen molar-refractivity contribution in [2.24, 2.45) is 14.1 Å². The number of aliphatic hydroxyl groups excluding tert-OH is 1. The van der Waals surface area contributed by atoms with Gasteiger partial charge >= 0.3 is 11.9 Å². The minimum absolute atomic E-state index is 0.0655. The van der Waals surface area contributed by atoms with Crippen LogP contribution in [-0.2, 0) is 31.6 Å². The third-order valence-corrected chi connectivity index (χ3v) is 9.20. The van der Waals surface area contributed by atoms with Crippen LogP contribution in [0.1, 0.15) is 17.8 Å². The van der Waals surface area contributed by atoms with Gasteiger partial charge in [0.25, 0.3) is 5.56 Å². The van der Waals surface area contributed by atoms with E-state index >= 15 is 0 Å². The van der Waals surface area contributed by atoms with Crippen LogP contribution < -0.4 is 26.6 Å². The molecule has 4 heterocycles. The van der Waals surface area contributed by atoms with E-state index < -0.39 is 40.8 Å². The molecule has 2 atom stereocenters. The quantitative estimate of drug-likeness (QED) is 0.198. The zero-order chi connectivity index (χ0) is 35.9. The number of hydrogen-bond donors (Lipinski definition) is 3. The summed E-state index contributed by atoms with van der Waals surface area (Å²) in [4.78, 5) is 37.4. The Kier molecular flexibility index (Phi) is 9.88. The van der Waals surface area contributed by atoms with Gasteiger partial charge < -0.3 is 25.2 Å². The van der Waals surface area contributed by atoms with Crippen molar-refractivity contribution < 1.29 is 27.8 Å². The van der Waals surface area contributed by atoms with Gasteiger partial charge in [0.15, 0.2) is 5.65 Å². The van der Waals surface area contributed by atoms with Crippen LogP contribution >= 0.6 is 23.2 Å². The number of halogens is 5. The van der Waals surface area contributed by atoms with E-state index in [1.807, 2.05) is 6.07 Å². The van der Waals surface area contributed by atoms with E-state index in [0.717, 1.165) is 14.7 Å². The highest BCUT2D eigenvalue weighted by Crippen LogP contribution is 2.42. The number of benzene rings is 2. The Hall–Kier alpha value is -4.54. The molecule has 3 N–H and O–H groups in total. The summed E-state index contributed by atoms with van der Waals surface area (Å²) in [7, 11) is 3.90. The highest BCUT2D eigenvalue weighted by atomic mass is 35.5.